The summed E-state index contributed by atoms with van der Waals surface area (Å²) >= 11 is 12.0. The van der Waals surface area contributed by atoms with Crippen molar-refractivity contribution < 1.29 is 18.0 Å². The van der Waals surface area contributed by atoms with Gasteiger partial charge in [-0.05, 0) is 36.6 Å². The molecule has 1 unspecified atom stereocenters. The van der Waals surface area contributed by atoms with Gasteiger partial charge in [-0.3, -0.25) is 13.9 Å². The molecule has 0 saturated carbocycles. The minimum absolute atomic E-state index is 0.169. The van der Waals surface area contributed by atoms with E-state index in [2.05, 4.69) is 5.32 Å². The van der Waals surface area contributed by atoms with Crippen molar-refractivity contribution in [3.05, 3.63) is 64.1 Å². The van der Waals surface area contributed by atoms with Gasteiger partial charge in [-0.25, -0.2) is 8.42 Å². The summed E-state index contributed by atoms with van der Waals surface area (Å²) in [6.45, 7) is 1.59. The molecule has 0 heterocycles. The van der Waals surface area contributed by atoms with Gasteiger partial charge < -0.3 is 10.2 Å². The Balaban J connectivity index is 2.36. The number of hydrogen-bond acceptors (Lipinski definition) is 4. The first-order chi connectivity index (χ1) is 15.1. The highest BCUT2D eigenvalue weighted by molar-refractivity contribution is 7.92. The lowest BCUT2D eigenvalue weighted by molar-refractivity contribution is -0.139. The zero-order valence-electron chi connectivity index (χ0n) is 18.2. The van der Waals surface area contributed by atoms with Crippen LogP contribution in [0.5, 0.6) is 0 Å². The van der Waals surface area contributed by atoms with Gasteiger partial charge >= 0.3 is 0 Å². The number of sulfonamides is 1. The number of carbonyl (C=O) groups excluding carboxylic acids is 2. The number of nitrogens with one attached hydrogen (secondary N) is 1. The Bertz CT molecular complexity index is 1050. The molecule has 0 bridgehead atoms. The molecule has 0 fully saturated rings. The van der Waals surface area contributed by atoms with Crippen molar-refractivity contribution in [3.63, 3.8) is 0 Å². The van der Waals surface area contributed by atoms with Gasteiger partial charge in [0.25, 0.3) is 0 Å². The lowest BCUT2D eigenvalue weighted by Crippen LogP contribution is -2.52. The van der Waals surface area contributed by atoms with E-state index in [0.717, 1.165) is 16.1 Å². The third-order valence-corrected chi connectivity index (χ3v) is 6.87. The molecular formula is C22H27Cl2N3O4S. The SMILES string of the molecule is CCC(C(=O)NC)N(CCc1ccccc1)C(=O)CN(c1ccc(Cl)c(Cl)c1)S(C)(=O)=O. The zero-order chi connectivity index (χ0) is 23.9. The number of likely N-dealkylation sites (N-methyl/N-ethyl adjacent to an activating group) is 1. The molecule has 0 aliphatic carbocycles. The molecule has 1 atom stereocenters. The number of rotatable bonds is 10. The van der Waals surface area contributed by atoms with Crippen LogP contribution in [0.25, 0.3) is 0 Å². The molecule has 10 heteroatoms. The van der Waals surface area contributed by atoms with Crippen LogP contribution < -0.4 is 9.62 Å². The maximum Gasteiger partial charge on any atom is 0.244 e. The van der Waals surface area contributed by atoms with Crippen molar-refractivity contribution in [2.24, 2.45) is 0 Å². The molecule has 0 radical (unpaired) electrons. The number of carbonyl (C=O) groups is 2. The summed E-state index contributed by atoms with van der Waals surface area (Å²) in [5, 5.41) is 3.02. The Morgan fingerprint density at radius 2 is 1.72 bits per heavy atom. The van der Waals surface area contributed by atoms with Crippen molar-refractivity contribution >= 4 is 50.7 Å². The average molecular weight is 500 g/mol. The summed E-state index contributed by atoms with van der Waals surface area (Å²) in [5.74, 6) is -0.803. The average Bonchev–Trinajstić information content (AvgIpc) is 2.76. The Labute approximate surface area is 199 Å². The van der Waals surface area contributed by atoms with E-state index < -0.39 is 28.5 Å². The highest BCUT2D eigenvalue weighted by Crippen LogP contribution is 2.28. The van der Waals surface area contributed by atoms with Crippen molar-refractivity contribution in [2.45, 2.75) is 25.8 Å². The molecule has 0 aliphatic heterocycles. The summed E-state index contributed by atoms with van der Waals surface area (Å²) in [6, 6.07) is 13.2. The van der Waals surface area contributed by atoms with Gasteiger partial charge in [0, 0.05) is 13.6 Å². The molecule has 0 saturated heterocycles. The molecule has 174 valence electrons. The first-order valence-electron chi connectivity index (χ1n) is 10.1. The maximum absolute atomic E-state index is 13.3. The van der Waals surface area contributed by atoms with Crippen LogP contribution in [0.3, 0.4) is 0 Å². The number of benzene rings is 2. The predicted octanol–water partition coefficient (Wildman–Crippen LogP) is 3.36. The molecule has 2 aromatic carbocycles. The standard InChI is InChI=1S/C22H27Cl2N3O4S/c1-4-20(22(29)25-2)26(13-12-16-8-6-5-7-9-16)21(28)15-27(32(3,30)31)17-10-11-18(23)19(24)14-17/h5-11,14,20H,4,12-13,15H2,1-3H3,(H,25,29). The normalized spacial score (nSPS) is 12.2. The van der Waals surface area contributed by atoms with Gasteiger partial charge in [0.1, 0.15) is 12.6 Å². The third kappa shape index (κ3) is 6.85. The lowest BCUT2D eigenvalue weighted by Gasteiger charge is -2.32. The monoisotopic (exact) mass is 499 g/mol. The fourth-order valence-electron chi connectivity index (χ4n) is 3.32. The number of anilines is 1. The van der Waals surface area contributed by atoms with Crippen molar-refractivity contribution in [3.8, 4) is 0 Å². The molecule has 0 spiro atoms. The van der Waals surface area contributed by atoms with Crippen molar-refractivity contribution in [1.29, 1.82) is 0 Å². The smallest absolute Gasteiger partial charge is 0.244 e. The largest absolute Gasteiger partial charge is 0.357 e. The summed E-state index contributed by atoms with van der Waals surface area (Å²) in [4.78, 5) is 27.2. The molecule has 0 aromatic heterocycles. The molecule has 0 aliphatic rings. The second-order valence-electron chi connectivity index (χ2n) is 7.23. The number of nitrogens with zero attached hydrogens (tertiary/aromatic N) is 2. The fraction of sp³-hybridized carbons (Fsp3) is 0.364. The Kier molecular flexibility index (Phi) is 9.36. The summed E-state index contributed by atoms with van der Waals surface area (Å²) < 4.78 is 26.0. The van der Waals surface area contributed by atoms with E-state index in [1.165, 1.54) is 30.1 Å². The van der Waals surface area contributed by atoms with Gasteiger partial charge in [-0.15, -0.1) is 0 Å². The molecule has 2 aromatic rings. The number of hydrogen-bond donors (Lipinski definition) is 1. The van der Waals surface area contributed by atoms with E-state index in [4.69, 9.17) is 23.2 Å². The predicted molar refractivity (Wildman–Crippen MR) is 129 cm³/mol. The maximum atomic E-state index is 13.3. The quantitative estimate of drug-likeness (QED) is 0.542. The second-order valence-corrected chi connectivity index (χ2v) is 9.95. The molecule has 32 heavy (non-hydrogen) atoms. The van der Waals surface area contributed by atoms with Crippen LogP contribution >= 0.6 is 23.2 Å². The van der Waals surface area contributed by atoms with Crippen LogP contribution in [0.1, 0.15) is 18.9 Å². The van der Waals surface area contributed by atoms with Crippen LogP contribution in [0.15, 0.2) is 48.5 Å². The van der Waals surface area contributed by atoms with Gasteiger partial charge in [0.2, 0.25) is 21.8 Å². The Hall–Kier alpha value is -2.29. The minimum atomic E-state index is -3.82. The lowest BCUT2D eigenvalue weighted by atomic mass is 10.1. The summed E-state index contributed by atoms with van der Waals surface area (Å²) in [7, 11) is -2.31. The third-order valence-electron chi connectivity index (χ3n) is 4.99. The van der Waals surface area contributed by atoms with Gasteiger partial charge in [0.15, 0.2) is 0 Å². The van der Waals surface area contributed by atoms with Crippen LogP contribution in [0.2, 0.25) is 10.0 Å². The fourth-order valence-corrected chi connectivity index (χ4v) is 4.45. The molecule has 2 amide bonds. The number of amides is 2. The summed E-state index contributed by atoms with van der Waals surface area (Å²) in [6.07, 6.45) is 1.91. The molecule has 2 rings (SSSR count). The first kappa shape index (κ1) is 26.0. The Morgan fingerprint density at radius 1 is 1.06 bits per heavy atom. The summed E-state index contributed by atoms with van der Waals surface area (Å²) in [5.41, 5.74) is 1.22. The first-order valence-corrected chi connectivity index (χ1v) is 12.7. The minimum Gasteiger partial charge on any atom is -0.357 e. The van der Waals surface area contributed by atoms with Crippen LogP contribution in [0.4, 0.5) is 5.69 Å². The van der Waals surface area contributed by atoms with E-state index in [1.807, 2.05) is 30.3 Å². The second kappa shape index (κ2) is 11.5. The van der Waals surface area contributed by atoms with E-state index in [0.29, 0.717) is 12.8 Å². The topological polar surface area (TPSA) is 86.8 Å². The van der Waals surface area contributed by atoms with Gasteiger partial charge in [0.05, 0.1) is 22.0 Å². The zero-order valence-corrected chi connectivity index (χ0v) is 20.5. The highest BCUT2D eigenvalue weighted by Gasteiger charge is 2.31. The van der Waals surface area contributed by atoms with Gasteiger partial charge in [-0.1, -0.05) is 60.5 Å². The van der Waals surface area contributed by atoms with Gasteiger partial charge in [-0.2, -0.15) is 0 Å². The van der Waals surface area contributed by atoms with E-state index in [-0.39, 0.29) is 28.2 Å². The van der Waals surface area contributed by atoms with Crippen molar-refractivity contribution in [2.75, 3.05) is 30.7 Å². The van der Waals surface area contributed by atoms with Crippen molar-refractivity contribution in [1.82, 2.24) is 10.2 Å². The number of halogens is 2. The van der Waals surface area contributed by atoms with E-state index >= 15 is 0 Å². The Morgan fingerprint density at radius 3 is 2.25 bits per heavy atom. The van der Waals surface area contributed by atoms with E-state index in [1.54, 1.807) is 6.92 Å². The van der Waals surface area contributed by atoms with E-state index in [9.17, 15) is 18.0 Å². The molecule has 7 nitrogen and oxygen atoms in total. The highest BCUT2D eigenvalue weighted by atomic mass is 35.5. The van der Waals surface area contributed by atoms with Crippen LogP contribution in [0, 0.1) is 0 Å². The van der Waals surface area contributed by atoms with Crippen LogP contribution in [-0.4, -0.2) is 57.6 Å². The van der Waals surface area contributed by atoms with Crippen LogP contribution in [-0.2, 0) is 26.0 Å². The molecular weight excluding hydrogens is 473 g/mol. The molecule has 1 N–H and O–H groups in total.